The second-order valence-electron chi connectivity index (χ2n) is 2.40. The number of rotatable bonds is 4. The topological polar surface area (TPSA) is 0 Å². The fourth-order valence-electron chi connectivity index (χ4n) is 0.630. The Morgan fingerprint density at radius 2 is 2.12 bits per heavy atom. The Morgan fingerprint density at radius 1 is 1.50 bits per heavy atom. The third kappa shape index (κ3) is 4.31. The fraction of sp³-hybridized carbons (Fsp3) is 1.00. The van der Waals surface area contributed by atoms with Crippen molar-refractivity contribution in [2.75, 3.05) is 6.30 Å². The molecule has 50 valence electrons. The lowest BCUT2D eigenvalue weighted by atomic mass is 10.4. The van der Waals surface area contributed by atoms with Crippen molar-refractivity contribution in [3.05, 3.63) is 0 Å². The van der Waals surface area contributed by atoms with Crippen molar-refractivity contribution >= 4 is 8.80 Å². The van der Waals surface area contributed by atoms with Gasteiger partial charge in [0.1, 0.15) is 0 Å². The van der Waals surface area contributed by atoms with Gasteiger partial charge in [0.15, 0.2) is 0 Å². The highest BCUT2D eigenvalue weighted by Crippen LogP contribution is 2.00. The van der Waals surface area contributed by atoms with Gasteiger partial charge >= 0.3 is 0 Å². The average Bonchev–Trinajstić information content (AvgIpc) is 1.83. The molecule has 8 heavy (non-hydrogen) atoms. The maximum atomic E-state index is 11.8. The summed E-state index contributed by atoms with van der Waals surface area (Å²) in [6, 6.07) is 1.19. The van der Waals surface area contributed by atoms with Gasteiger partial charge in [-0.05, 0) is 0 Å². The van der Waals surface area contributed by atoms with Gasteiger partial charge in [-0.25, -0.2) is 0 Å². The van der Waals surface area contributed by atoms with Crippen LogP contribution in [0.25, 0.3) is 0 Å². The van der Waals surface area contributed by atoms with Gasteiger partial charge < -0.3 is 0 Å². The zero-order valence-corrected chi connectivity index (χ0v) is 6.94. The highest BCUT2D eigenvalue weighted by atomic mass is 28.3. The molecule has 0 aromatic carbocycles. The first-order valence-corrected chi connectivity index (χ1v) is 6.16. The van der Waals surface area contributed by atoms with Crippen LogP contribution in [0.4, 0.5) is 4.39 Å². The molecule has 1 unspecified atom stereocenters. The van der Waals surface area contributed by atoms with Crippen LogP contribution >= 0.6 is 0 Å². The molecule has 0 bridgehead atoms. The van der Waals surface area contributed by atoms with Crippen LogP contribution in [-0.2, 0) is 0 Å². The minimum absolute atomic E-state index is 0.0139. The molecule has 0 aliphatic carbocycles. The molecule has 0 aromatic rings. The number of halogens is 1. The van der Waals surface area contributed by atoms with E-state index in [1.807, 2.05) is 0 Å². The van der Waals surface area contributed by atoms with Crippen molar-refractivity contribution in [2.24, 2.45) is 0 Å². The minimum atomic E-state index is -0.866. The molecular formula is C6H15FSi. The van der Waals surface area contributed by atoms with E-state index >= 15 is 0 Å². The van der Waals surface area contributed by atoms with Crippen LogP contribution in [0.1, 0.15) is 19.8 Å². The van der Waals surface area contributed by atoms with Crippen molar-refractivity contribution in [1.29, 1.82) is 0 Å². The number of hydrogen-bond acceptors (Lipinski definition) is 0. The first kappa shape index (κ1) is 8.15. The lowest BCUT2D eigenvalue weighted by molar-refractivity contribution is 0.585. The number of unbranched alkanes of at least 4 members (excludes halogenated alkanes) is 1. The van der Waals surface area contributed by atoms with Crippen LogP contribution in [0.2, 0.25) is 12.6 Å². The molecule has 0 fully saturated rings. The summed E-state index contributed by atoms with van der Waals surface area (Å²) in [4.78, 5) is 0. The third-order valence-corrected chi connectivity index (χ3v) is 3.23. The van der Waals surface area contributed by atoms with Crippen LogP contribution < -0.4 is 0 Å². The molecule has 0 amide bonds. The van der Waals surface area contributed by atoms with Crippen LogP contribution in [0.15, 0.2) is 0 Å². The highest BCUT2D eigenvalue weighted by Gasteiger charge is 1.99. The van der Waals surface area contributed by atoms with E-state index < -0.39 is 8.80 Å². The largest absolute Gasteiger partial charge is 0.255 e. The van der Waals surface area contributed by atoms with E-state index in [4.69, 9.17) is 0 Å². The molecule has 0 saturated carbocycles. The SMILES string of the molecule is CCCC[SiH](C)CF. The molecular weight excluding hydrogens is 119 g/mol. The van der Waals surface area contributed by atoms with E-state index in [9.17, 15) is 4.39 Å². The second-order valence-corrected chi connectivity index (χ2v) is 5.50. The minimum Gasteiger partial charge on any atom is -0.255 e. The monoisotopic (exact) mass is 134 g/mol. The molecule has 0 rings (SSSR count). The Morgan fingerprint density at radius 3 is 2.50 bits per heavy atom. The Bertz CT molecular complexity index is 47.8. The van der Waals surface area contributed by atoms with Gasteiger partial charge in [0.25, 0.3) is 0 Å². The van der Waals surface area contributed by atoms with Gasteiger partial charge in [0, 0.05) is 0 Å². The van der Waals surface area contributed by atoms with Crippen LogP contribution in [-0.4, -0.2) is 15.1 Å². The van der Waals surface area contributed by atoms with Crippen molar-refractivity contribution < 1.29 is 4.39 Å². The van der Waals surface area contributed by atoms with Crippen molar-refractivity contribution in [3.8, 4) is 0 Å². The van der Waals surface area contributed by atoms with Crippen molar-refractivity contribution in [2.45, 2.75) is 32.4 Å². The standard InChI is InChI=1S/C6H15FSi/c1-3-4-5-8(2)6-7/h8H,3-6H2,1-2H3. The molecule has 0 aliphatic rings. The van der Waals surface area contributed by atoms with Gasteiger partial charge in [-0.2, -0.15) is 0 Å². The number of hydrogen-bond donors (Lipinski definition) is 0. The average molecular weight is 134 g/mol. The molecule has 0 radical (unpaired) electrons. The van der Waals surface area contributed by atoms with E-state index in [1.54, 1.807) is 0 Å². The van der Waals surface area contributed by atoms with E-state index in [0.717, 1.165) is 0 Å². The fourth-order valence-corrected chi connectivity index (χ4v) is 1.89. The Kier molecular flexibility index (Phi) is 5.38. The van der Waals surface area contributed by atoms with E-state index in [1.165, 1.54) is 18.9 Å². The smallest absolute Gasteiger partial charge is 0.0763 e. The lowest BCUT2D eigenvalue weighted by Gasteiger charge is -2.00. The maximum Gasteiger partial charge on any atom is 0.0763 e. The highest BCUT2D eigenvalue weighted by molar-refractivity contribution is 6.57. The summed E-state index contributed by atoms with van der Waals surface area (Å²) in [6.45, 7) is 4.25. The molecule has 0 heterocycles. The molecule has 0 nitrogen and oxygen atoms in total. The van der Waals surface area contributed by atoms with Crippen molar-refractivity contribution in [1.82, 2.24) is 0 Å². The molecule has 0 aliphatic heterocycles. The van der Waals surface area contributed by atoms with Crippen LogP contribution in [0.5, 0.6) is 0 Å². The normalized spacial score (nSPS) is 13.9. The maximum absolute atomic E-state index is 11.8. The molecule has 0 spiro atoms. The first-order valence-electron chi connectivity index (χ1n) is 3.37. The van der Waals surface area contributed by atoms with E-state index in [-0.39, 0.29) is 6.30 Å². The van der Waals surface area contributed by atoms with Gasteiger partial charge in [-0.1, -0.05) is 32.4 Å². The molecule has 0 saturated heterocycles. The zero-order valence-electron chi connectivity index (χ0n) is 5.78. The molecule has 0 N–H and O–H groups in total. The number of alkyl halides is 1. The Balaban J connectivity index is 2.86. The third-order valence-electron chi connectivity index (χ3n) is 1.31. The van der Waals surface area contributed by atoms with Crippen molar-refractivity contribution in [3.63, 3.8) is 0 Å². The summed E-state index contributed by atoms with van der Waals surface area (Å²) in [5.41, 5.74) is 0. The van der Waals surface area contributed by atoms with Gasteiger partial charge in [0.2, 0.25) is 0 Å². The summed E-state index contributed by atoms with van der Waals surface area (Å²) < 4.78 is 11.8. The second kappa shape index (κ2) is 5.29. The summed E-state index contributed by atoms with van der Waals surface area (Å²) in [7, 11) is -0.866. The van der Waals surface area contributed by atoms with Crippen LogP contribution in [0, 0.1) is 0 Å². The molecule has 0 aromatic heterocycles. The predicted octanol–water partition coefficient (Wildman–Crippen LogP) is 2.15. The molecule has 1 atom stereocenters. The zero-order chi connectivity index (χ0) is 6.41. The van der Waals surface area contributed by atoms with Gasteiger partial charge in [-0.3, -0.25) is 4.39 Å². The summed E-state index contributed by atoms with van der Waals surface area (Å²) in [6.07, 6.45) is 2.44. The quantitative estimate of drug-likeness (QED) is 0.517. The molecule has 2 heteroatoms. The van der Waals surface area contributed by atoms with Gasteiger partial charge in [-0.15, -0.1) is 0 Å². The van der Waals surface area contributed by atoms with E-state index in [2.05, 4.69) is 13.5 Å². The summed E-state index contributed by atoms with van der Waals surface area (Å²) in [5.74, 6) is 0. The van der Waals surface area contributed by atoms with Crippen LogP contribution in [0.3, 0.4) is 0 Å². The Hall–Kier alpha value is 0.147. The van der Waals surface area contributed by atoms with E-state index in [0.29, 0.717) is 0 Å². The Labute approximate surface area is 52.7 Å². The lowest BCUT2D eigenvalue weighted by Crippen LogP contribution is -2.08. The first-order chi connectivity index (χ1) is 3.81. The van der Waals surface area contributed by atoms with Gasteiger partial charge in [0.05, 0.1) is 15.1 Å². The summed E-state index contributed by atoms with van der Waals surface area (Å²) >= 11 is 0. The predicted molar refractivity (Wildman–Crippen MR) is 38.7 cm³/mol. The summed E-state index contributed by atoms with van der Waals surface area (Å²) in [5, 5.41) is 0.